The van der Waals surface area contributed by atoms with E-state index in [1.807, 2.05) is 24.3 Å². The summed E-state index contributed by atoms with van der Waals surface area (Å²) in [7, 11) is 0. The van der Waals surface area contributed by atoms with Crippen LogP contribution in [0, 0.1) is 13.8 Å². The summed E-state index contributed by atoms with van der Waals surface area (Å²) in [5.41, 5.74) is 4.16. The van der Waals surface area contributed by atoms with Gasteiger partial charge >= 0.3 is 0 Å². The van der Waals surface area contributed by atoms with Crippen molar-refractivity contribution >= 4 is 11.6 Å². The zero-order valence-corrected chi connectivity index (χ0v) is 12.8. The van der Waals surface area contributed by atoms with Gasteiger partial charge in [0.15, 0.2) is 11.5 Å². The predicted octanol–water partition coefficient (Wildman–Crippen LogP) is 3.26. The number of aryl methyl sites for hydroxylation is 2. The number of fused-ring (bicyclic) bond motifs is 1. The third-order valence-electron chi connectivity index (χ3n) is 3.76. The second-order valence-corrected chi connectivity index (χ2v) is 5.50. The third kappa shape index (κ3) is 3.22. The Morgan fingerprint density at radius 3 is 2.55 bits per heavy atom. The molecule has 0 bridgehead atoms. The van der Waals surface area contributed by atoms with E-state index in [-0.39, 0.29) is 5.91 Å². The molecule has 2 aromatic carbocycles. The highest BCUT2D eigenvalue weighted by atomic mass is 16.6. The first kappa shape index (κ1) is 14.4. The number of hydrogen-bond donors (Lipinski definition) is 1. The first-order valence-corrected chi connectivity index (χ1v) is 7.37. The summed E-state index contributed by atoms with van der Waals surface area (Å²) in [6.07, 6.45) is 0.357. The molecule has 0 aromatic heterocycles. The number of carbonyl (C=O) groups is 1. The van der Waals surface area contributed by atoms with Gasteiger partial charge in [-0.2, -0.15) is 0 Å². The summed E-state index contributed by atoms with van der Waals surface area (Å²) in [4.78, 5) is 12.2. The summed E-state index contributed by atoms with van der Waals surface area (Å²) in [6, 6.07) is 11.5. The van der Waals surface area contributed by atoms with E-state index in [4.69, 9.17) is 9.47 Å². The average Bonchev–Trinajstić information content (AvgIpc) is 2.51. The van der Waals surface area contributed by atoms with Crippen LogP contribution in [0.2, 0.25) is 0 Å². The molecule has 0 radical (unpaired) electrons. The highest BCUT2D eigenvalue weighted by Crippen LogP contribution is 2.32. The number of benzene rings is 2. The normalized spacial score (nSPS) is 12.8. The largest absolute Gasteiger partial charge is 0.486 e. The van der Waals surface area contributed by atoms with Crippen LogP contribution in [0.5, 0.6) is 11.5 Å². The molecule has 3 rings (SSSR count). The van der Waals surface area contributed by atoms with Gasteiger partial charge in [0.25, 0.3) is 0 Å². The lowest BCUT2D eigenvalue weighted by atomic mass is 10.0. The van der Waals surface area contributed by atoms with Gasteiger partial charge in [0, 0.05) is 11.8 Å². The molecule has 4 nitrogen and oxygen atoms in total. The number of anilines is 1. The number of ether oxygens (including phenoxy) is 2. The van der Waals surface area contributed by atoms with Gasteiger partial charge in [-0.1, -0.05) is 18.2 Å². The molecule has 0 saturated carbocycles. The Morgan fingerprint density at radius 2 is 1.77 bits per heavy atom. The van der Waals surface area contributed by atoms with E-state index in [1.54, 1.807) is 6.07 Å². The van der Waals surface area contributed by atoms with E-state index in [0.29, 0.717) is 25.4 Å². The summed E-state index contributed by atoms with van der Waals surface area (Å²) in [5.74, 6) is 1.36. The van der Waals surface area contributed by atoms with Crippen LogP contribution in [0.15, 0.2) is 36.4 Å². The van der Waals surface area contributed by atoms with Crippen LogP contribution in [0.25, 0.3) is 0 Å². The first-order chi connectivity index (χ1) is 10.6. The van der Waals surface area contributed by atoms with Crippen molar-refractivity contribution in [1.82, 2.24) is 0 Å². The van der Waals surface area contributed by atoms with E-state index < -0.39 is 0 Å². The summed E-state index contributed by atoms with van der Waals surface area (Å²) in [5, 5.41) is 2.90. The molecule has 1 aliphatic rings. The Kier molecular flexibility index (Phi) is 4.00. The minimum Gasteiger partial charge on any atom is -0.486 e. The van der Waals surface area contributed by atoms with Crippen LogP contribution in [-0.4, -0.2) is 19.1 Å². The Balaban J connectivity index is 1.67. The van der Waals surface area contributed by atoms with Crippen LogP contribution in [-0.2, 0) is 11.2 Å². The van der Waals surface area contributed by atoms with Crippen LogP contribution < -0.4 is 14.8 Å². The smallest absolute Gasteiger partial charge is 0.228 e. The monoisotopic (exact) mass is 297 g/mol. The van der Waals surface area contributed by atoms with Gasteiger partial charge in [-0.3, -0.25) is 4.79 Å². The summed E-state index contributed by atoms with van der Waals surface area (Å²) >= 11 is 0. The maximum atomic E-state index is 12.2. The highest BCUT2D eigenvalue weighted by molar-refractivity contribution is 5.92. The number of carbonyl (C=O) groups excluding carboxylic acids is 1. The van der Waals surface area contributed by atoms with E-state index in [1.165, 1.54) is 11.1 Å². The van der Waals surface area contributed by atoms with Gasteiger partial charge in [-0.15, -0.1) is 0 Å². The second kappa shape index (κ2) is 6.10. The van der Waals surface area contributed by atoms with Gasteiger partial charge in [0.1, 0.15) is 13.2 Å². The van der Waals surface area contributed by atoms with Gasteiger partial charge in [0.05, 0.1) is 6.42 Å². The topological polar surface area (TPSA) is 47.6 Å². The van der Waals surface area contributed by atoms with Crippen molar-refractivity contribution in [2.24, 2.45) is 0 Å². The maximum Gasteiger partial charge on any atom is 0.228 e. The zero-order chi connectivity index (χ0) is 15.5. The summed E-state index contributed by atoms with van der Waals surface area (Å²) in [6.45, 7) is 5.21. The fourth-order valence-electron chi connectivity index (χ4n) is 2.43. The molecule has 22 heavy (non-hydrogen) atoms. The first-order valence-electron chi connectivity index (χ1n) is 7.37. The van der Waals surface area contributed by atoms with Crippen molar-refractivity contribution in [2.75, 3.05) is 18.5 Å². The van der Waals surface area contributed by atoms with Crippen LogP contribution in [0.1, 0.15) is 16.7 Å². The second-order valence-electron chi connectivity index (χ2n) is 5.50. The lowest BCUT2D eigenvalue weighted by molar-refractivity contribution is -0.115. The molecule has 0 fully saturated rings. The number of nitrogens with one attached hydrogen (secondary N) is 1. The standard InChI is InChI=1S/C18H19NO3/c1-12-3-4-14(9-13(12)2)10-18(20)19-15-5-6-16-17(11-15)22-8-7-21-16/h3-6,9,11H,7-8,10H2,1-2H3,(H,19,20). The Hall–Kier alpha value is -2.49. The fourth-order valence-corrected chi connectivity index (χ4v) is 2.43. The van der Waals surface area contributed by atoms with E-state index in [0.717, 1.165) is 17.0 Å². The average molecular weight is 297 g/mol. The summed E-state index contributed by atoms with van der Waals surface area (Å²) < 4.78 is 11.0. The molecule has 1 amide bonds. The quantitative estimate of drug-likeness (QED) is 0.946. The van der Waals surface area contributed by atoms with E-state index >= 15 is 0 Å². The Labute approximate surface area is 130 Å². The zero-order valence-electron chi connectivity index (χ0n) is 12.8. The van der Waals surface area contributed by atoms with Gasteiger partial charge in [-0.25, -0.2) is 0 Å². The van der Waals surface area contributed by atoms with Crippen molar-refractivity contribution in [3.8, 4) is 11.5 Å². The molecule has 4 heteroatoms. The van der Waals surface area contributed by atoms with Gasteiger partial charge in [-0.05, 0) is 42.7 Å². The van der Waals surface area contributed by atoms with Crippen LogP contribution in [0.3, 0.4) is 0 Å². The number of hydrogen-bond acceptors (Lipinski definition) is 3. The van der Waals surface area contributed by atoms with Crippen LogP contribution >= 0.6 is 0 Å². The predicted molar refractivity (Wildman–Crippen MR) is 85.7 cm³/mol. The molecule has 1 heterocycles. The van der Waals surface area contributed by atoms with Crippen LogP contribution in [0.4, 0.5) is 5.69 Å². The Bertz CT molecular complexity index is 709. The SMILES string of the molecule is Cc1ccc(CC(=O)Nc2ccc3c(c2)OCCO3)cc1C. The minimum absolute atomic E-state index is 0.0417. The molecule has 1 aliphatic heterocycles. The molecule has 0 atom stereocenters. The molecule has 1 N–H and O–H groups in total. The molecule has 0 saturated heterocycles. The Morgan fingerprint density at radius 1 is 1.00 bits per heavy atom. The lowest BCUT2D eigenvalue weighted by Crippen LogP contribution is -2.17. The highest BCUT2D eigenvalue weighted by Gasteiger charge is 2.13. The molecule has 114 valence electrons. The third-order valence-corrected chi connectivity index (χ3v) is 3.76. The van der Waals surface area contributed by atoms with Crippen molar-refractivity contribution in [1.29, 1.82) is 0 Å². The van der Waals surface area contributed by atoms with Crippen molar-refractivity contribution < 1.29 is 14.3 Å². The molecule has 0 spiro atoms. The lowest BCUT2D eigenvalue weighted by Gasteiger charge is -2.19. The minimum atomic E-state index is -0.0417. The van der Waals surface area contributed by atoms with Crippen molar-refractivity contribution in [3.63, 3.8) is 0 Å². The van der Waals surface area contributed by atoms with E-state index in [2.05, 4.69) is 25.2 Å². The molecule has 2 aromatic rings. The number of amides is 1. The molecule has 0 unspecified atom stereocenters. The molecular weight excluding hydrogens is 278 g/mol. The number of rotatable bonds is 3. The van der Waals surface area contributed by atoms with Gasteiger partial charge < -0.3 is 14.8 Å². The maximum absolute atomic E-state index is 12.2. The molecule has 0 aliphatic carbocycles. The fraction of sp³-hybridized carbons (Fsp3) is 0.278. The molecular formula is C18H19NO3. The van der Waals surface area contributed by atoms with Gasteiger partial charge in [0.2, 0.25) is 5.91 Å². The van der Waals surface area contributed by atoms with Crippen molar-refractivity contribution in [2.45, 2.75) is 20.3 Å². The van der Waals surface area contributed by atoms with E-state index in [9.17, 15) is 4.79 Å². The van der Waals surface area contributed by atoms with Crippen molar-refractivity contribution in [3.05, 3.63) is 53.1 Å².